The normalized spacial score (nSPS) is 26.5. The first-order valence-corrected chi connectivity index (χ1v) is 7.97. The quantitative estimate of drug-likeness (QED) is 0.876. The lowest BCUT2D eigenvalue weighted by Crippen LogP contribution is -2.35. The van der Waals surface area contributed by atoms with Crippen LogP contribution >= 0.6 is 11.6 Å². The number of ether oxygens (including phenoxy) is 1. The van der Waals surface area contributed by atoms with Crippen LogP contribution in [-0.2, 0) is 6.54 Å². The number of aliphatic hydroxyl groups excluding tert-OH is 1. The summed E-state index contributed by atoms with van der Waals surface area (Å²) in [4.78, 5) is 0. The maximum atomic E-state index is 10.0. The fourth-order valence-electron chi connectivity index (χ4n) is 2.73. The third kappa shape index (κ3) is 3.46. The first kappa shape index (κ1) is 14.2. The van der Waals surface area contributed by atoms with Gasteiger partial charge < -0.3 is 15.2 Å². The highest BCUT2D eigenvalue weighted by Gasteiger charge is 2.26. The second-order valence-electron chi connectivity index (χ2n) is 5.88. The molecular weight excluding hydrogens is 274 g/mol. The number of halogens is 1. The monoisotopic (exact) mass is 295 g/mol. The summed E-state index contributed by atoms with van der Waals surface area (Å²) >= 11 is 6.30. The summed E-state index contributed by atoms with van der Waals surface area (Å²) in [7, 11) is 0. The fourth-order valence-corrected chi connectivity index (χ4v) is 2.97. The predicted molar refractivity (Wildman–Crippen MR) is 80.2 cm³/mol. The summed E-state index contributed by atoms with van der Waals surface area (Å²) in [5.74, 6) is 0.816. The van der Waals surface area contributed by atoms with E-state index in [0.29, 0.717) is 6.04 Å². The van der Waals surface area contributed by atoms with Crippen LogP contribution in [-0.4, -0.2) is 23.4 Å². The molecule has 3 nitrogen and oxygen atoms in total. The fraction of sp³-hybridized carbons (Fsp3) is 0.625. The number of benzene rings is 1. The lowest BCUT2D eigenvalue weighted by Gasteiger charge is -2.29. The Morgan fingerprint density at radius 2 is 2.00 bits per heavy atom. The van der Waals surface area contributed by atoms with E-state index in [1.807, 2.05) is 18.2 Å². The van der Waals surface area contributed by atoms with Crippen molar-refractivity contribution in [2.24, 2.45) is 0 Å². The second-order valence-corrected chi connectivity index (χ2v) is 6.29. The lowest BCUT2D eigenvalue weighted by atomic mass is 9.95. The molecule has 3 rings (SSSR count). The molecule has 0 aromatic heterocycles. The van der Waals surface area contributed by atoms with Crippen molar-refractivity contribution < 1.29 is 9.84 Å². The SMILES string of the molecule is OC1CCCCC1Oc1cccc(Cl)c1CNC1CC1. The summed E-state index contributed by atoms with van der Waals surface area (Å²) in [6.07, 6.45) is 6.02. The number of aliphatic hydroxyl groups is 1. The van der Waals surface area contributed by atoms with Crippen LogP contribution in [0.2, 0.25) is 5.02 Å². The van der Waals surface area contributed by atoms with Gasteiger partial charge in [-0.3, -0.25) is 0 Å². The summed E-state index contributed by atoms with van der Waals surface area (Å²) in [6, 6.07) is 6.40. The maximum Gasteiger partial charge on any atom is 0.125 e. The molecule has 110 valence electrons. The summed E-state index contributed by atoms with van der Waals surface area (Å²) < 4.78 is 6.06. The van der Waals surface area contributed by atoms with Crippen LogP contribution in [0.1, 0.15) is 44.1 Å². The van der Waals surface area contributed by atoms with Gasteiger partial charge in [-0.15, -0.1) is 0 Å². The van der Waals surface area contributed by atoms with Crippen LogP contribution in [0.5, 0.6) is 5.75 Å². The average Bonchev–Trinajstić information content (AvgIpc) is 3.25. The van der Waals surface area contributed by atoms with E-state index < -0.39 is 0 Å². The van der Waals surface area contributed by atoms with Crippen molar-refractivity contribution in [2.45, 2.75) is 63.3 Å². The van der Waals surface area contributed by atoms with E-state index in [-0.39, 0.29) is 12.2 Å². The molecule has 2 N–H and O–H groups in total. The van der Waals surface area contributed by atoms with Crippen LogP contribution in [0, 0.1) is 0 Å². The molecule has 0 bridgehead atoms. The van der Waals surface area contributed by atoms with Crippen molar-refractivity contribution in [1.82, 2.24) is 5.32 Å². The molecule has 0 amide bonds. The van der Waals surface area contributed by atoms with Gasteiger partial charge >= 0.3 is 0 Å². The largest absolute Gasteiger partial charge is 0.487 e. The number of rotatable bonds is 5. The molecule has 2 unspecified atom stereocenters. The van der Waals surface area contributed by atoms with E-state index in [1.165, 1.54) is 12.8 Å². The maximum absolute atomic E-state index is 10.0. The molecule has 2 aliphatic carbocycles. The Kier molecular flexibility index (Phi) is 4.49. The first-order valence-electron chi connectivity index (χ1n) is 7.59. The Hall–Kier alpha value is -0.770. The van der Waals surface area contributed by atoms with Gasteiger partial charge in [0.05, 0.1) is 6.10 Å². The van der Waals surface area contributed by atoms with Gasteiger partial charge in [0.25, 0.3) is 0 Å². The average molecular weight is 296 g/mol. The standard InChI is InChI=1S/C16H22ClNO2/c17-13-4-3-7-15(12(13)10-18-11-8-9-11)20-16-6-2-1-5-14(16)19/h3-4,7,11,14,16,18-19H,1-2,5-6,8-10H2. The van der Waals surface area contributed by atoms with Crippen molar-refractivity contribution in [3.63, 3.8) is 0 Å². The van der Waals surface area contributed by atoms with Gasteiger partial charge in [-0.25, -0.2) is 0 Å². The van der Waals surface area contributed by atoms with Gasteiger partial charge in [-0.05, 0) is 44.2 Å². The molecule has 0 spiro atoms. The zero-order valence-electron chi connectivity index (χ0n) is 11.6. The second kappa shape index (κ2) is 6.33. The highest BCUT2D eigenvalue weighted by atomic mass is 35.5. The van der Waals surface area contributed by atoms with Gasteiger partial charge in [0.15, 0.2) is 0 Å². The molecule has 0 aliphatic heterocycles. The Balaban J connectivity index is 1.71. The Morgan fingerprint density at radius 3 is 2.75 bits per heavy atom. The highest BCUT2D eigenvalue weighted by molar-refractivity contribution is 6.31. The van der Waals surface area contributed by atoms with Gasteiger partial charge in [0.2, 0.25) is 0 Å². The number of nitrogens with one attached hydrogen (secondary N) is 1. The van der Waals surface area contributed by atoms with Crippen LogP contribution in [0.4, 0.5) is 0 Å². The molecule has 2 saturated carbocycles. The van der Waals surface area contributed by atoms with Crippen molar-refractivity contribution >= 4 is 11.6 Å². The molecule has 0 saturated heterocycles. The van der Waals surface area contributed by atoms with E-state index in [0.717, 1.165) is 48.6 Å². The summed E-state index contributed by atoms with van der Waals surface area (Å²) in [5, 5.41) is 14.3. The molecule has 2 atom stereocenters. The topological polar surface area (TPSA) is 41.5 Å². The minimum absolute atomic E-state index is 0.0955. The smallest absolute Gasteiger partial charge is 0.125 e. The Bertz CT molecular complexity index is 462. The molecule has 1 aromatic carbocycles. The Morgan fingerprint density at radius 1 is 1.20 bits per heavy atom. The van der Waals surface area contributed by atoms with E-state index in [4.69, 9.17) is 16.3 Å². The van der Waals surface area contributed by atoms with Gasteiger partial charge in [-0.2, -0.15) is 0 Å². The third-order valence-electron chi connectivity index (χ3n) is 4.17. The third-order valence-corrected chi connectivity index (χ3v) is 4.52. The highest BCUT2D eigenvalue weighted by Crippen LogP contribution is 2.31. The van der Waals surface area contributed by atoms with Gasteiger partial charge in [-0.1, -0.05) is 24.1 Å². The molecule has 1 aromatic rings. The van der Waals surface area contributed by atoms with Crippen molar-refractivity contribution in [1.29, 1.82) is 0 Å². The van der Waals surface area contributed by atoms with Crippen molar-refractivity contribution in [3.8, 4) is 5.75 Å². The molecule has 20 heavy (non-hydrogen) atoms. The van der Waals surface area contributed by atoms with E-state index in [9.17, 15) is 5.11 Å². The zero-order valence-corrected chi connectivity index (χ0v) is 12.4. The lowest BCUT2D eigenvalue weighted by molar-refractivity contribution is 0.00636. The molecule has 2 aliphatic rings. The Labute approximate surface area is 125 Å². The first-order chi connectivity index (χ1) is 9.74. The van der Waals surface area contributed by atoms with Crippen molar-refractivity contribution in [2.75, 3.05) is 0 Å². The van der Waals surface area contributed by atoms with E-state index in [2.05, 4.69) is 5.32 Å². The van der Waals surface area contributed by atoms with Gasteiger partial charge in [0, 0.05) is 23.2 Å². The minimum atomic E-state index is -0.355. The van der Waals surface area contributed by atoms with E-state index >= 15 is 0 Å². The molecule has 2 fully saturated rings. The van der Waals surface area contributed by atoms with Crippen LogP contribution in [0.25, 0.3) is 0 Å². The predicted octanol–water partition coefficient (Wildman–Crippen LogP) is 3.27. The van der Waals surface area contributed by atoms with Crippen LogP contribution in [0.15, 0.2) is 18.2 Å². The van der Waals surface area contributed by atoms with Crippen LogP contribution < -0.4 is 10.1 Å². The van der Waals surface area contributed by atoms with E-state index in [1.54, 1.807) is 0 Å². The van der Waals surface area contributed by atoms with Crippen molar-refractivity contribution in [3.05, 3.63) is 28.8 Å². The molecule has 0 heterocycles. The molecule has 4 heteroatoms. The number of hydrogen-bond acceptors (Lipinski definition) is 3. The number of hydrogen-bond donors (Lipinski definition) is 2. The molecule has 0 radical (unpaired) electrons. The van der Waals surface area contributed by atoms with Gasteiger partial charge in [0.1, 0.15) is 11.9 Å². The molecular formula is C16H22ClNO2. The summed E-state index contributed by atoms with van der Waals surface area (Å²) in [5.41, 5.74) is 1.01. The minimum Gasteiger partial charge on any atom is -0.487 e. The zero-order chi connectivity index (χ0) is 13.9. The van der Waals surface area contributed by atoms with Crippen LogP contribution in [0.3, 0.4) is 0 Å². The summed E-state index contributed by atoms with van der Waals surface area (Å²) in [6.45, 7) is 0.739.